The van der Waals surface area contributed by atoms with Gasteiger partial charge < -0.3 is 14.7 Å². The molecule has 0 aliphatic carbocycles. The summed E-state index contributed by atoms with van der Waals surface area (Å²) < 4.78 is 5.17. The monoisotopic (exact) mass is 478 g/mol. The Bertz CT molecular complexity index is 1280. The van der Waals surface area contributed by atoms with E-state index >= 15 is 0 Å². The normalized spacial score (nSPS) is 17.1. The smallest absolute Gasteiger partial charge is 0.295 e. The lowest BCUT2D eigenvalue weighted by atomic mass is 9.95. The highest BCUT2D eigenvalue weighted by molar-refractivity contribution is 6.46. The molecular formula is C25H19ClN2O6. The highest BCUT2D eigenvalue weighted by Crippen LogP contribution is 2.40. The number of amides is 1. The average molecular weight is 479 g/mol. The number of hydrogen-bond donors (Lipinski definition) is 1. The third kappa shape index (κ3) is 4.35. The summed E-state index contributed by atoms with van der Waals surface area (Å²) in [5.41, 5.74) is 1.27. The second-order valence-electron chi connectivity index (χ2n) is 7.63. The number of ketones is 1. The zero-order valence-corrected chi connectivity index (χ0v) is 18.7. The van der Waals surface area contributed by atoms with Gasteiger partial charge in [-0.25, -0.2) is 0 Å². The summed E-state index contributed by atoms with van der Waals surface area (Å²) in [5.74, 6) is -1.37. The molecule has 3 aromatic rings. The van der Waals surface area contributed by atoms with Crippen LogP contribution in [0.1, 0.15) is 22.7 Å². The molecule has 1 aliphatic heterocycles. The zero-order valence-electron chi connectivity index (χ0n) is 18.0. The molecule has 1 N–H and O–H groups in total. The summed E-state index contributed by atoms with van der Waals surface area (Å²) in [4.78, 5) is 37.9. The molecule has 1 heterocycles. The van der Waals surface area contributed by atoms with Crippen molar-refractivity contribution < 1.29 is 24.4 Å². The fraction of sp³-hybridized carbons (Fsp3) is 0.120. The molecule has 0 spiro atoms. The van der Waals surface area contributed by atoms with Crippen LogP contribution >= 0.6 is 11.6 Å². The summed E-state index contributed by atoms with van der Waals surface area (Å²) in [6.07, 6.45) is 0. The number of ether oxygens (including phenoxy) is 1. The van der Waals surface area contributed by atoms with Gasteiger partial charge in [0.15, 0.2) is 0 Å². The molecule has 8 nitrogen and oxygen atoms in total. The predicted molar refractivity (Wildman–Crippen MR) is 125 cm³/mol. The van der Waals surface area contributed by atoms with E-state index in [1.54, 1.807) is 55.6 Å². The van der Waals surface area contributed by atoms with Crippen molar-refractivity contribution in [1.82, 2.24) is 4.90 Å². The average Bonchev–Trinajstić information content (AvgIpc) is 3.09. The van der Waals surface area contributed by atoms with Gasteiger partial charge in [-0.3, -0.25) is 19.7 Å². The molecule has 172 valence electrons. The first-order valence-corrected chi connectivity index (χ1v) is 10.6. The number of carbonyl (C=O) groups is 2. The number of nitro benzene ring substituents is 1. The maximum atomic E-state index is 13.1. The Morgan fingerprint density at radius 3 is 2.21 bits per heavy atom. The third-order valence-corrected chi connectivity index (χ3v) is 5.84. The standard InChI is InChI=1S/C25H19ClN2O6/c1-34-20-12-2-15(3-13-20)14-27-22(16-4-8-18(26)9-5-16)21(24(30)25(27)31)23(29)17-6-10-19(11-7-17)28(32)33/h2-13,22,29H,14H2,1H3/b23-21-. The maximum Gasteiger partial charge on any atom is 0.295 e. The van der Waals surface area contributed by atoms with Crippen molar-refractivity contribution in [3.8, 4) is 5.75 Å². The van der Waals surface area contributed by atoms with Crippen molar-refractivity contribution in [2.45, 2.75) is 12.6 Å². The van der Waals surface area contributed by atoms with Gasteiger partial charge in [0, 0.05) is 29.3 Å². The van der Waals surface area contributed by atoms with E-state index in [-0.39, 0.29) is 23.4 Å². The van der Waals surface area contributed by atoms with Crippen LogP contribution in [-0.2, 0) is 16.1 Å². The fourth-order valence-electron chi connectivity index (χ4n) is 3.86. The van der Waals surface area contributed by atoms with Crippen LogP contribution in [0, 0.1) is 10.1 Å². The van der Waals surface area contributed by atoms with Gasteiger partial charge >= 0.3 is 0 Å². The van der Waals surface area contributed by atoms with Crippen LogP contribution < -0.4 is 4.74 Å². The van der Waals surface area contributed by atoms with Crippen molar-refractivity contribution in [1.29, 1.82) is 0 Å². The van der Waals surface area contributed by atoms with Gasteiger partial charge in [-0.05, 0) is 47.5 Å². The Hall–Kier alpha value is -4.17. The van der Waals surface area contributed by atoms with Crippen molar-refractivity contribution in [3.05, 3.63) is 110 Å². The molecule has 0 saturated carbocycles. The fourth-order valence-corrected chi connectivity index (χ4v) is 3.98. The minimum Gasteiger partial charge on any atom is -0.507 e. The number of likely N-dealkylation sites (tertiary alicyclic amines) is 1. The Kier molecular flexibility index (Phi) is 6.34. The van der Waals surface area contributed by atoms with Crippen LogP contribution in [-0.4, -0.2) is 33.7 Å². The van der Waals surface area contributed by atoms with Crippen LogP contribution in [0.4, 0.5) is 5.69 Å². The summed E-state index contributed by atoms with van der Waals surface area (Å²) in [6, 6.07) is 17.9. The Morgan fingerprint density at radius 1 is 1.03 bits per heavy atom. The first-order chi connectivity index (χ1) is 16.3. The Labute approximate surface area is 199 Å². The number of Topliss-reactive ketones (excluding diaryl/α,β-unsaturated/α-hetero) is 1. The number of aliphatic hydroxyl groups is 1. The van der Waals surface area contributed by atoms with Gasteiger partial charge in [-0.15, -0.1) is 0 Å². The number of benzene rings is 3. The molecule has 1 unspecified atom stereocenters. The molecule has 1 aliphatic rings. The van der Waals surface area contributed by atoms with Crippen molar-refractivity contribution in [3.63, 3.8) is 0 Å². The molecule has 1 fully saturated rings. The molecule has 34 heavy (non-hydrogen) atoms. The lowest BCUT2D eigenvalue weighted by molar-refractivity contribution is -0.384. The van der Waals surface area contributed by atoms with Gasteiger partial charge in [0.25, 0.3) is 17.4 Å². The number of aliphatic hydroxyl groups excluding tert-OH is 1. The molecule has 0 bridgehead atoms. The van der Waals surface area contributed by atoms with E-state index in [9.17, 15) is 24.8 Å². The van der Waals surface area contributed by atoms with Gasteiger partial charge in [0.2, 0.25) is 0 Å². The van der Waals surface area contributed by atoms with Crippen LogP contribution in [0.3, 0.4) is 0 Å². The van der Waals surface area contributed by atoms with E-state index in [0.29, 0.717) is 16.3 Å². The number of halogens is 1. The summed E-state index contributed by atoms with van der Waals surface area (Å²) in [7, 11) is 1.55. The molecule has 3 aromatic carbocycles. The van der Waals surface area contributed by atoms with Gasteiger partial charge in [-0.2, -0.15) is 0 Å². The first-order valence-electron chi connectivity index (χ1n) is 10.2. The van der Waals surface area contributed by atoms with E-state index in [4.69, 9.17) is 16.3 Å². The van der Waals surface area contributed by atoms with E-state index < -0.39 is 28.4 Å². The Morgan fingerprint density at radius 2 is 1.65 bits per heavy atom. The number of nitrogens with zero attached hydrogens (tertiary/aromatic N) is 2. The van der Waals surface area contributed by atoms with Crippen LogP contribution in [0.15, 0.2) is 78.4 Å². The molecule has 0 aromatic heterocycles. The number of hydrogen-bond acceptors (Lipinski definition) is 6. The molecule has 1 atom stereocenters. The topological polar surface area (TPSA) is 110 Å². The van der Waals surface area contributed by atoms with E-state index in [2.05, 4.69) is 0 Å². The van der Waals surface area contributed by atoms with Gasteiger partial charge in [0.05, 0.1) is 23.6 Å². The van der Waals surface area contributed by atoms with Gasteiger partial charge in [-0.1, -0.05) is 35.9 Å². The molecule has 9 heteroatoms. The Balaban J connectivity index is 1.81. The molecular weight excluding hydrogens is 460 g/mol. The number of rotatable bonds is 6. The van der Waals surface area contributed by atoms with Crippen LogP contribution in [0.2, 0.25) is 5.02 Å². The second kappa shape index (κ2) is 9.36. The first kappa shape index (κ1) is 23.0. The minimum absolute atomic E-state index is 0.102. The highest BCUT2D eigenvalue weighted by atomic mass is 35.5. The van der Waals surface area contributed by atoms with E-state index in [1.807, 2.05) is 0 Å². The lowest BCUT2D eigenvalue weighted by Gasteiger charge is -2.25. The maximum absolute atomic E-state index is 13.1. The SMILES string of the molecule is COc1ccc(CN2C(=O)C(=O)/C(=C(\O)c3ccc([N+](=O)[O-])cc3)C2c2ccc(Cl)cc2)cc1. The summed E-state index contributed by atoms with van der Waals surface area (Å²) in [5, 5.41) is 22.5. The summed E-state index contributed by atoms with van der Waals surface area (Å²) in [6.45, 7) is 0.110. The van der Waals surface area contributed by atoms with Crippen LogP contribution in [0.5, 0.6) is 5.75 Å². The predicted octanol–water partition coefficient (Wildman–Crippen LogP) is 4.88. The third-order valence-electron chi connectivity index (χ3n) is 5.59. The molecule has 1 saturated heterocycles. The highest BCUT2D eigenvalue weighted by Gasteiger charge is 2.46. The number of non-ortho nitro benzene ring substituents is 1. The van der Waals surface area contributed by atoms with E-state index in [0.717, 1.165) is 5.56 Å². The van der Waals surface area contributed by atoms with Crippen molar-refractivity contribution in [2.75, 3.05) is 7.11 Å². The van der Waals surface area contributed by atoms with Crippen molar-refractivity contribution >= 4 is 34.7 Å². The molecule has 4 rings (SSSR count). The van der Waals surface area contributed by atoms with Crippen molar-refractivity contribution in [2.24, 2.45) is 0 Å². The number of methoxy groups -OCH3 is 1. The van der Waals surface area contributed by atoms with E-state index in [1.165, 1.54) is 29.2 Å². The second-order valence-corrected chi connectivity index (χ2v) is 8.07. The number of carbonyl (C=O) groups excluding carboxylic acids is 2. The number of nitro groups is 1. The van der Waals surface area contributed by atoms with Gasteiger partial charge in [0.1, 0.15) is 11.5 Å². The zero-order chi connectivity index (χ0) is 24.4. The van der Waals surface area contributed by atoms with Crippen LogP contribution in [0.25, 0.3) is 5.76 Å². The molecule has 1 amide bonds. The quantitative estimate of drug-likeness (QED) is 0.178. The largest absolute Gasteiger partial charge is 0.507 e. The summed E-state index contributed by atoms with van der Waals surface area (Å²) >= 11 is 6.03. The lowest BCUT2D eigenvalue weighted by Crippen LogP contribution is -2.29. The minimum atomic E-state index is -0.880. The molecule has 0 radical (unpaired) electrons.